The molecule has 0 aliphatic rings. The molecular weight excluding hydrogens is 327 g/mol. The number of anilines is 1. The lowest BCUT2D eigenvalue weighted by Gasteiger charge is -2.12. The number of nitrogens with one attached hydrogen (secondary N) is 1. The summed E-state index contributed by atoms with van der Waals surface area (Å²) in [5.74, 6) is -0.353. The van der Waals surface area contributed by atoms with E-state index in [2.05, 4.69) is 10.3 Å². The lowest BCUT2D eigenvalue weighted by atomic mass is 10.1. The molecule has 1 heterocycles. The topological polar surface area (TPSA) is 88.4 Å². The van der Waals surface area contributed by atoms with Gasteiger partial charge in [0.05, 0.1) is 16.6 Å². The first-order valence-corrected chi connectivity index (χ1v) is 7.39. The molecule has 0 fully saturated rings. The van der Waals surface area contributed by atoms with E-state index in [-0.39, 0.29) is 12.1 Å². The number of carbonyl (C=O) groups excluding carboxylic acids is 1. The van der Waals surface area contributed by atoms with Gasteiger partial charge in [-0.2, -0.15) is 0 Å². The number of amides is 1. The maximum absolute atomic E-state index is 13.1. The number of rotatable bonds is 6. The van der Waals surface area contributed by atoms with Crippen LogP contribution in [-0.2, 0) is 11.3 Å². The molecule has 1 N–H and O–H groups in total. The fraction of sp³-hybridized carbons (Fsp3) is 0.176. The normalized spacial score (nSPS) is 10.7. The van der Waals surface area contributed by atoms with E-state index in [9.17, 15) is 19.3 Å². The molecule has 7 nitrogen and oxygen atoms in total. The van der Waals surface area contributed by atoms with Crippen molar-refractivity contribution in [3.05, 3.63) is 69.7 Å². The molecule has 1 aromatic carbocycles. The van der Waals surface area contributed by atoms with Crippen molar-refractivity contribution in [1.82, 2.24) is 10.3 Å². The molecule has 0 bridgehead atoms. The van der Waals surface area contributed by atoms with Crippen LogP contribution >= 0.6 is 0 Å². The second-order valence-corrected chi connectivity index (χ2v) is 5.43. The largest absolute Gasteiger partial charge is 0.363 e. The van der Waals surface area contributed by atoms with E-state index in [0.717, 1.165) is 23.5 Å². The summed E-state index contributed by atoms with van der Waals surface area (Å²) in [5, 5.41) is 13.6. The summed E-state index contributed by atoms with van der Waals surface area (Å²) >= 11 is 0. The second kappa shape index (κ2) is 8.00. The van der Waals surface area contributed by atoms with Gasteiger partial charge in [-0.3, -0.25) is 14.9 Å². The van der Waals surface area contributed by atoms with Gasteiger partial charge in [0.1, 0.15) is 11.6 Å². The highest BCUT2D eigenvalue weighted by Gasteiger charge is 2.12. The minimum Gasteiger partial charge on any atom is -0.363 e. The number of carbonyl (C=O) groups is 1. The van der Waals surface area contributed by atoms with Crippen LogP contribution in [0, 0.1) is 15.9 Å². The average Bonchev–Trinajstić information content (AvgIpc) is 2.59. The number of benzene rings is 1. The van der Waals surface area contributed by atoms with Crippen LogP contribution in [0.3, 0.4) is 0 Å². The van der Waals surface area contributed by atoms with Gasteiger partial charge in [-0.25, -0.2) is 9.37 Å². The molecule has 2 aromatic rings. The maximum Gasteiger partial charge on any atom is 0.279 e. The van der Waals surface area contributed by atoms with Gasteiger partial charge in [-0.1, -0.05) is 0 Å². The first-order chi connectivity index (χ1) is 11.9. The molecular formula is C17H17FN4O3. The van der Waals surface area contributed by atoms with Gasteiger partial charge in [0.2, 0.25) is 5.91 Å². The SMILES string of the molecule is CN(C)c1cc(CNC(=O)C=Cc2ccc(F)cc2[N+](=O)[O-])ccn1. The number of hydrogen-bond donors (Lipinski definition) is 1. The Morgan fingerprint density at radius 3 is 2.80 bits per heavy atom. The molecule has 0 saturated heterocycles. The number of pyridine rings is 1. The first-order valence-electron chi connectivity index (χ1n) is 7.39. The average molecular weight is 344 g/mol. The van der Waals surface area contributed by atoms with Crippen molar-refractivity contribution in [2.75, 3.05) is 19.0 Å². The summed E-state index contributed by atoms with van der Waals surface area (Å²) in [7, 11) is 3.73. The summed E-state index contributed by atoms with van der Waals surface area (Å²) in [6, 6.07) is 6.79. The van der Waals surface area contributed by atoms with Crippen LogP contribution in [0.25, 0.3) is 6.08 Å². The van der Waals surface area contributed by atoms with Crippen molar-refractivity contribution in [1.29, 1.82) is 0 Å². The van der Waals surface area contributed by atoms with E-state index in [0.29, 0.717) is 0 Å². The Morgan fingerprint density at radius 2 is 2.12 bits per heavy atom. The zero-order valence-corrected chi connectivity index (χ0v) is 13.8. The molecule has 0 aliphatic heterocycles. The number of nitro groups is 1. The standard InChI is InChI=1S/C17H17FN4O3/c1-21(2)16-9-12(7-8-19-16)11-20-17(23)6-4-13-3-5-14(18)10-15(13)22(24)25/h3-10H,11H2,1-2H3,(H,20,23). The molecule has 0 atom stereocenters. The smallest absolute Gasteiger partial charge is 0.279 e. The summed E-state index contributed by atoms with van der Waals surface area (Å²) in [6.45, 7) is 0.290. The van der Waals surface area contributed by atoms with Crippen LogP contribution in [0.2, 0.25) is 0 Å². The molecule has 0 saturated carbocycles. The van der Waals surface area contributed by atoms with Crippen molar-refractivity contribution in [2.45, 2.75) is 6.54 Å². The second-order valence-electron chi connectivity index (χ2n) is 5.43. The Labute approximate surface area is 143 Å². The quantitative estimate of drug-likeness (QED) is 0.494. The predicted octanol–water partition coefficient (Wildman–Crippen LogP) is 2.52. The maximum atomic E-state index is 13.1. The van der Waals surface area contributed by atoms with Crippen LogP contribution in [0.5, 0.6) is 0 Å². The van der Waals surface area contributed by atoms with Crippen molar-refractivity contribution >= 4 is 23.5 Å². The van der Waals surface area contributed by atoms with Crippen LogP contribution < -0.4 is 10.2 Å². The molecule has 2 rings (SSSR count). The van der Waals surface area contributed by atoms with Crippen LogP contribution in [0.1, 0.15) is 11.1 Å². The van der Waals surface area contributed by atoms with Crippen LogP contribution in [0.4, 0.5) is 15.9 Å². The molecule has 0 spiro atoms. The molecule has 1 aromatic heterocycles. The van der Waals surface area contributed by atoms with Crippen molar-refractivity contribution in [2.24, 2.45) is 0 Å². The monoisotopic (exact) mass is 344 g/mol. The van der Waals surface area contributed by atoms with Gasteiger partial charge in [-0.05, 0) is 35.9 Å². The third-order valence-corrected chi connectivity index (χ3v) is 3.34. The highest BCUT2D eigenvalue weighted by atomic mass is 19.1. The Balaban J connectivity index is 2.02. The Morgan fingerprint density at radius 1 is 1.36 bits per heavy atom. The van der Waals surface area contributed by atoms with Gasteiger partial charge < -0.3 is 10.2 Å². The van der Waals surface area contributed by atoms with E-state index in [1.807, 2.05) is 25.1 Å². The number of nitro benzene ring substituents is 1. The zero-order valence-electron chi connectivity index (χ0n) is 13.8. The van der Waals surface area contributed by atoms with Gasteiger partial charge in [0.25, 0.3) is 5.69 Å². The van der Waals surface area contributed by atoms with E-state index in [4.69, 9.17) is 0 Å². The van der Waals surface area contributed by atoms with Gasteiger partial charge in [0, 0.05) is 32.9 Å². The molecule has 25 heavy (non-hydrogen) atoms. The predicted molar refractivity (Wildman–Crippen MR) is 92.5 cm³/mol. The third kappa shape index (κ3) is 5.10. The van der Waals surface area contributed by atoms with Crippen molar-refractivity contribution in [3.63, 3.8) is 0 Å². The van der Waals surface area contributed by atoms with Gasteiger partial charge >= 0.3 is 0 Å². The zero-order chi connectivity index (χ0) is 18.4. The number of aromatic nitrogens is 1. The van der Waals surface area contributed by atoms with E-state index in [1.165, 1.54) is 18.2 Å². The number of hydrogen-bond acceptors (Lipinski definition) is 5. The molecule has 8 heteroatoms. The van der Waals surface area contributed by atoms with Crippen LogP contribution in [-0.4, -0.2) is 29.9 Å². The summed E-state index contributed by atoms with van der Waals surface area (Å²) < 4.78 is 13.1. The van der Waals surface area contributed by atoms with E-state index >= 15 is 0 Å². The van der Waals surface area contributed by atoms with E-state index < -0.39 is 22.3 Å². The molecule has 1 amide bonds. The minimum absolute atomic E-state index is 0.153. The Kier molecular flexibility index (Phi) is 5.78. The lowest BCUT2D eigenvalue weighted by molar-refractivity contribution is -0.385. The minimum atomic E-state index is -0.706. The number of halogens is 1. The first kappa shape index (κ1) is 18.1. The summed E-state index contributed by atoms with van der Waals surface area (Å²) in [4.78, 5) is 28.1. The fourth-order valence-corrected chi connectivity index (χ4v) is 2.04. The van der Waals surface area contributed by atoms with Crippen molar-refractivity contribution < 1.29 is 14.1 Å². The molecule has 0 radical (unpaired) electrons. The molecule has 130 valence electrons. The van der Waals surface area contributed by atoms with E-state index in [1.54, 1.807) is 12.3 Å². The summed E-state index contributed by atoms with van der Waals surface area (Å²) in [6.07, 6.45) is 4.10. The highest BCUT2D eigenvalue weighted by Crippen LogP contribution is 2.21. The lowest BCUT2D eigenvalue weighted by Crippen LogP contribution is -2.20. The Bertz CT molecular complexity index is 821. The van der Waals surface area contributed by atoms with Crippen molar-refractivity contribution in [3.8, 4) is 0 Å². The number of nitrogens with zero attached hydrogens (tertiary/aromatic N) is 3. The fourth-order valence-electron chi connectivity index (χ4n) is 2.04. The summed E-state index contributed by atoms with van der Waals surface area (Å²) in [5.41, 5.74) is 0.627. The highest BCUT2D eigenvalue weighted by molar-refractivity contribution is 5.92. The third-order valence-electron chi connectivity index (χ3n) is 3.34. The van der Waals surface area contributed by atoms with Gasteiger partial charge in [-0.15, -0.1) is 0 Å². The molecule has 0 unspecified atom stereocenters. The molecule has 0 aliphatic carbocycles. The van der Waals surface area contributed by atoms with Gasteiger partial charge in [0.15, 0.2) is 0 Å². The Hall–Kier alpha value is -3.29. The van der Waals surface area contributed by atoms with Crippen LogP contribution in [0.15, 0.2) is 42.6 Å².